The molecule has 7 heteroatoms. The van der Waals surface area contributed by atoms with E-state index in [1.807, 2.05) is 0 Å². The van der Waals surface area contributed by atoms with Crippen LogP contribution in [0.5, 0.6) is 0 Å². The van der Waals surface area contributed by atoms with E-state index < -0.39 is 40.9 Å². The third-order valence-electron chi connectivity index (χ3n) is 3.69. The zero-order chi connectivity index (χ0) is 19.2. The van der Waals surface area contributed by atoms with Crippen LogP contribution in [0.4, 0.5) is 4.39 Å². The minimum Gasteiger partial charge on any atom is -0.460 e. The largest absolute Gasteiger partial charge is 0.460 e. The third-order valence-corrected chi connectivity index (χ3v) is 3.69. The molecule has 0 saturated carbocycles. The first-order chi connectivity index (χ1) is 11.6. The van der Waals surface area contributed by atoms with Gasteiger partial charge in [0.05, 0.1) is 12.0 Å². The Labute approximate surface area is 146 Å². The number of nitro groups is 1. The zero-order valence-corrected chi connectivity index (χ0v) is 14.9. The highest BCUT2D eigenvalue weighted by molar-refractivity contribution is 6.15. The molecule has 1 aromatic carbocycles. The number of ketones is 1. The standard InChI is InChI=1S/C18H24FNO5/c1-12(2)10-15(11-20(23)24)18(19,17(22)25-13(3)4)16(21)14-8-6-5-7-9-14/h5-9,12-13,15H,10-11H2,1-4H3/t15-,18+/m1/s1. The molecular weight excluding hydrogens is 329 g/mol. The second-order valence-electron chi connectivity index (χ2n) is 6.70. The number of carbonyl (C=O) groups is 2. The third kappa shape index (κ3) is 5.34. The summed E-state index contributed by atoms with van der Waals surface area (Å²) in [6.45, 7) is 5.70. The Balaban J connectivity index is 3.40. The molecule has 1 aromatic rings. The van der Waals surface area contributed by atoms with Crippen molar-refractivity contribution in [3.8, 4) is 0 Å². The van der Waals surface area contributed by atoms with Gasteiger partial charge < -0.3 is 4.74 Å². The van der Waals surface area contributed by atoms with E-state index >= 15 is 4.39 Å². The molecule has 0 aliphatic carbocycles. The van der Waals surface area contributed by atoms with Gasteiger partial charge in [-0.05, 0) is 26.2 Å². The molecule has 0 amide bonds. The average molecular weight is 353 g/mol. The summed E-state index contributed by atoms with van der Waals surface area (Å²) < 4.78 is 20.8. The van der Waals surface area contributed by atoms with Crippen LogP contribution >= 0.6 is 0 Å². The lowest BCUT2D eigenvalue weighted by atomic mass is 9.78. The minimum absolute atomic E-state index is 0.00322. The summed E-state index contributed by atoms with van der Waals surface area (Å²) in [6.07, 6.45) is -0.648. The fourth-order valence-corrected chi connectivity index (χ4v) is 2.66. The summed E-state index contributed by atoms with van der Waals surface area (Å²) in [6, 6.07) is 7.46. The van der Waals surface area contributed by atoms with Crippen molar-refractivity contribution in [2.45, 2.75) is 45.9 Å². The number of benzene rings is 1. The number of carbonyl (C=O) groups excluding carboxylic acids is 2. The van der Waals surface area contributed by atoms with Gasteiger partial charge >= 0.3 is 5.97 Å². The molecule has 0 N–H and O–H groups in total. The zero-order valence-electron chi connectivity index (χ0n) is 14.9. The van der Waals surface area contributed by atoms with Crippen molar-refractivity contribution in [2.75, 3.05) is 6.54 Å². The molecule has 0 aromatic heterocycles. The van der Waals surface area contributed by atoms with Crippen molar-refractivity contribution < 1.29 is 23.6 Å². The minimum atomic E-state index is -3.11. The Morgan fingerprint density at radius 3 is 2.20 bits per heavy atom. The first-order valence-corrected chi connectivity index (χ1v) is 8.20. The maximum absolute atomic E-state index is 15.9. The summed E-state index contributed by atoms with van der Waals surface area (Å²) in [5.41, 5.74) is -3.13. The highest BCUT2D eigenvalue weighted by Gasteiger charge is 2.56. The maximum atomic E-state index is 15.9. The van der Waals surface area contributed by atoms with Crippen LogP contribution in [0.2, 0.25) is 0 Å². The summed E-state index contributed by atoms with van der Waals surface area (Å²) in [4.78, 5) is 35.6. The number of hydrogen-bond acceptors (Lipinski definition) is 5. The molecule has 0 heterocycles. The molecule has 0 radical (unpaired) electrons. The van der Waals surface area contributed by atoms with Gasteiger partial charge in [0.2, 0.25) is 12.3 Å². The van der Waals surface area contributed by atoms with Crippen LogP contribution in [0.1, 0.15) is 44.5 Å². The normalized spacial score (nSPS) is 14.8. The van der Waals surface area contributed by atoms with Crippen LogP contribution in [-0.4, -0.2) is 35.0 Å². The number of ether oxygens (including phenoxy) is 1. The fourth-order valence-electron chi connectivity index (χ4n) is 2.66. The van der Waals surface area contributed by atoms with Gasteiger partial charge in [-0.1, -0.05) is 44.2 Å². The summed E-state index contributed by atoms with van der Waals surface area (Å²) in [5, 5.41) is 11.0. The Kier molecular flexibility index (Phi) is 7.21. The van der Waals surface area contributed by atoms with E-state index in [0.29, 0.717) is 0 Å². The quantitative estimate of drug-likeness (QED) is 0.223. The van der Waals surface area contributed by atoms with Crippen molar-refractivity contribution in [1.82, 2.24) is 0 Å². The van der Waals surface area contributed by atoms with E-state index in [-0.39, 0.29) is 17.9 Å². The topological polar surface area (TPSA) is 86.5 Å². The van der Waals surface area contributed by atoms with Crippen molar-refractivity contribution in [2.24, 2.45) is 11.8 Å². The van der Waals surface area contributed by atoms with Crippen LogP contribution in [0, 0.1) is 22.0 Å². The Bertz CT molecular complexity index is 617. The average Bonchev–Trinajstić information content (AvgIpc) is 2.52. The van der Waals surface area contributed by atoms with Crippen LogP contribution in [0.25, 0.3) is 0 Å². The number of hydrogen-bond donors (Lipinski definition) is 0. The lowest BCUT2D eigenvalue weighted by Gasteiger charge is -2.30. The van der Waals surface area contributed by atoms with Gasteiger partial charge in [-0.2, -0.15) is 0 Å². The molecule has 0 aliphatic heterocycles. The van der Waals surface area contributed by atoms with E-state index in [0.717, 1.165) is 0 Å². The van der Waals surface area contributed by atoms with Gasteiger partial charge in [-0.15, -0.1) is 0 Å². The Morgan fingerprint density at radius 2 is 1.76 bits per heavy atom. The van der Waals surface area contributed by atoms with Crippen LogP contribution in [0.15, 0.2) is 30.3 Å². The van der Waals surface area contributed by atoms with Crippen molar-refractivity contribution in [1.29, 1.82) is 0 Å². The van der Waals surface area contributed by atoms with Gasteiger partial charge in [0.1, 0.15) is 0 Å². The van der Waals surface area contributed by atoms with E-state index in [9.17, 15) is 19.7 Å². The number of alkyl halides is 1. The van der Waals surface area contributed by atoms with Crippen molar-refractivity contribution in [3.63, 3.8) is 0 Å². The summed E-state index contributed by atoms with van der Waals surface area (Å²) in [7, 11) is 0. The number of halogens is 1. The first kappa shape index (κ1) is 20.7. The Morgan fingerprint density at radius 1 is 1.20 bits per heavy atom. The number of esters is 1. The fraction of sp³-hybridized carbons (Fsp3) is 0.556. The van der Waals surface area contributed by atoms with Gasteiger partial charge in [-0.3, -0.25) is 14.9 Å². The molecular formula is C18H24FNO5. The maximum Gasteiger partial charge on any atom is 0.353 e. The monoisotopic (exact) mass is 353 g/mol. The molecule has 0 fully saturated rings. The van der Waals surface area contributed by atoms with E-state index in [1.54, 1.807) is 19.9 Å². The van der Waals surface area contributed by atoms with Crippen molar-refractivity contribution >= 4 is 11.8 Å². The molecule has 0 spiro atoms. The molecule has 0 bridgehead atoms. The summed E-state index contributed by atoms with van der Waals surface area (Å²) >= 11 is 0. The van der Waals surface area contributed by atoms with Crippen LogP contribution in [-0.2, 0) is 9.53 Å². The molecule has 2 atom stereocenters. The lowest BCUT2D eigenvalue weighted by molar-refractivity contribution is -0.491. The van der Waals surface area contributed by atoms with Gasteiger partial charge in [0.25, 0.3) is 5.67 Å². The van der Waals surface area contributed by atoms with Crippen LogP contribution < -0.4 is 0 Å². The van der Waals surface area contributed by atoms with Gasteiger partial charge in [0.15, 0.2) is 0 Å². The molecule has 0 saturated heterocycles. The lowest BCUT2D eigenvalue weighted by Crippen LogP contribution is -2.53. The predicted molar refractivity (Wildman–Crippen MR) is 90.6 cm³/mol. The number of nitrogens with zero attached hydrogens (tertiary/aromatic N) is 1. The van der Waals surface area contributed by atoms with Gasteiger partial charge in [-0.25, -0.2) is 9.18 Å². The van der Waals surface area contributed by atoms with E-state index in [1.165, 1.54) is 38.1 Å². The molecule has 0 unspecified atom stereocenters. The van der Waals surface area contributed by atoms with E-state index in [2.05, 4.69) is 0 Å². The highest BCUT2D eigenvalue weighted by Crippen LogP contribution is 2.34. The van der Waals surface area contributed by atoms with E-state index in [4.69, 9.17) is 4.74 Å². The summed E-state index contributed by atoms with van der Waals surface area (Å²) in [5.74, 6) is -4.04. The molecule has 6 nitrogen and oxygen atoms in total. The second kappa shape index (κ2) is 8.69. The smallest absolute Gasteiger partial charge is 0.353 e. The number of rotatable bonds is 9. The number of Topliss-reactive ketones (excluding diaryl/α,β-unsaturated/α-hetero) is 1. The molecule has 1 rings (SSSR count). The van der Waals surface area contributed by atoms with Crippen LogP contribution in [0.3, 0.4) is 0 Å². The predicted octanol–water partition coefficient (Wildman–Crippen LogP) is 3.47. The van der Waals surface area contributed by atoms with Crippen molar-refractivity contribution in [3.05, 3.63) is 46.0 Å². The van der Waals surface area contributed by atoms with Gasteiger partial charge in [0, 0.05) is 10.5 Å². The molecule has 25 heavy (non-hydrogen) atoms. The Hall–Kier alpha value is -2.31. The molecule has 138 valence electrons. The highest BCUT2D eigenvalue weighted by atomic mass is 19.1. The first-order valence-electron chi connectivity index (χ1n) is 8.20. The second-order valence-corrected chi connectivity index (χ2v) is 6.70. The SMILES string of the molecule is CC(C)C[C@H](C[N+](=O)[O-])[C@@](F)(C(=O)OC(C)C)C(=O)c1ccccc1. The molecule has 0 aliphatic rings.